The maximum Gasteiger partial charge on any atom is 0.0665 e. The van der Waals surface area contributed by atoms with Crippen LogP contribution in [0.2, 0.25) is 0 Å². The van der Waals surface area contributed by atoms with Crippen molar-refractivity contribution in [2.75, 3.05) is 0 Å². The summed E-state index contributed by atoms with van der Waals surface area (Å²) in [5, 5.41) is 0. The average Bonchev–Trinajstić information content (AvgIpc) is 2.94. The summed E-state index contributed by atoms with van der Waals surface area (Å²) in [6, 6.07) is 17.2. The third-order valence-corrected chi connectivity index (χ3v) is 6.83. The lowest BCUT2D eigenvalue weighted by Crippen LogP contribution is -2.00. The zero-order valence-corrected chi connectivity index (χ0v) is 24.5. The molecule has 0 saturated carbocycles. The molecule has 0 unspecified atom stereocenters. The number of rotatable bonds is 20. The molecule has 2 rings (SSSR count). The van der Waals surface area contributed by atoms with Gasteiger partial charge in [0.1, 0.15) is 0 Å². The number of hydrogen-bond acceptors (Lipinski definition) is 2. The fraction of sp³-hybridized carbons (Fsp3) is 0.500. The minimum absolute atomic E-state index is 0.953. The molecule has 0 atom stereocenters. The van der Waals surface area contributed by atoms with E-state index in [-0.39, 0.29) is 0 Å². The van der Waals surface area contributed by atoms with E-state index >= 15 is 0 Å². The van der Waals surface area contributed by atoms with E-state index in [1.807, 2.05) is 6.21 Å². The normalized spacial score (nSPS) is 12.4. The molecule has 0 aromatic heterocycles. The van der Waals surface area contributed by atoms with Gasteiger partial charge in [0.15, 0.2) is 0 Å². The van der Waals surface area contributed by atoms with Crippen molar-refractivity contribution in [3.63, 3.8) is 0 Å². The number of unbranched alkanes of at least 4 members (excludes halogenated alkanes) is 7. The first-order chi connectivity index (χ1) is 18.8. The Morgan fingerprint density at radius 1 is 0.579 bits per heavy atom. The topological polar surface area (TPSA) is 24.7 Å². The molecular formula is C36H52N2. The molecule has 0 heterocycles. The van der Waals surface area contributed by atoms with Gasteiger partial charge in [0.2, 0.25) is 0 Å². The Hall–Kier alpha value is -2.74. The number of benzene rings is 2. The molecule has 0 fully saturated rings. The molecule has 0 saturated heterocycles. The average molecular weight is 513 g/mol. The molecule has 0 aliphatic carbocycles. The van der Waals surface area contributed by atoms with Crippen molar-refractivity contribution in [1.29, 1.82) is 0 Å². The second-order valence-electron chi connectivity index (χ2n) is 10.2. The van der Waals surface area contributed by atoms with Gasteiger partial charge in [0, 0.05) is 6.21 Å². The highest BCUT2D eigenvalue weighted by Crippen LogP contribution is 2.23. The van der Waals surface area contributed by atoms with Crippen LogP contribution in [0.25, 0.3) is 0 Å². The molecule has 0 bridgehead atoms. The van der Waals surface area contributed by atoms with Gasteiger partial charge in [-0.15, -0.1) is 0 Å². The Labute approximate surface area is 234 Å². The van der Waals surface area contributed by atoms with E-state index in [2.05, 4.69) is 93.6 Å². The van der Waals surface area contributed by atoms with E-state index in [1.54, 1.807) is 0 Å². The third kappa shape index (κ3) is 13.7. The highest BCUT2D eigenvalue weighted by Gasteiger charge is 2.04. The van der Waals surface area contributed by atoms with Gasteiger partial charge in [0.25, 0.3) is 0 Å². The van der Waals surface area contributed by atoms with Gasteiger partial charge in [-0.25, -0.2) is 0 Å². The second-order valence-corrected chi connectivity index (χ2v) is 10.2. The van der Waals surface area contributed by atoms with Crippen molar-refractivity contribution in [3.8, 4) is 0 Å². The van der Waals surface area contributed by atoms with Crippen molar-refractivity contribution >= 4 is 23.3 Å². The van der Waals surface area contributed by atoms with E-state index in [1.165, 1.54) is 62.5 Å². The second kappa shape index (κ2) is 21.2. The van der Waals surface area contributed by atoms with E-state index < -0.39 is 0 Å². The number of aryl methyl sites for hydroxylation is 2. The van der Waals surface area contributed by atoms with E-state index in [4.69, 9.17) is 9.98 Å². The smallest absolute Gasteiger partial charge is 0.0665 e. The molecule has 0 amide bonds. The molecule has 0 N–H and O–H groups in total. The Bertz CT molecular complexity index is 996. The standard InChI is InChI=1S/C36H52N2/c1-4-7-10-12-14-16-18-24-32-26-20-22-29-35(32)37-31-34(28-9-6-3)38-36-30-23-21-27-33(36)25-19-17-15-13-11-8-5-2/h14-17,20-23,26-27,29-31H,4-13,18-19,24-25,28H2,1-3H3/b16-14+,17-15+,37-31?,38-34?. The molecule has 2 heteroatoms. The monoisotopic (exact) mass is 512 g/mol. The Morgan fingerprint density at radius 3 is 1.66 bits per heavy atom. The summed E-state index contributed by atoms with van der Waals surface area (Å²) in [6.07, 6.45) is 29.0. The summed E-state index contributed by atoms with van der Waals surface area (Å²) < 4.78 is 0. The summed E-state index contributed by atoms with van der Waals surface area (Å²) in [5.74, 6) is 0. The van der Waals surface area contributed by atoms with Crippen LogP contribution < -0.4 is 0 Å². The van der Waals surface area contributed by atoms with Crippen molar-refractivity contribution < 1.29 is 0 Å². The SMILES string of the molecule is CCCCC/C=C/CCc1ccccc1N=CC(CCCC)=Nc1ccccc1CC/C=C/CCCCC. The van der Waals surface area contributed by atoms with Gasteiger partial charge in [0.05, 0.1) is 17.1 Å². The fourth-order valence-electron chi connectivity index (χ4n) is 4.46. The number of aliphatic imine (C=N–C) groups is 2. The quantitative estimate of drug-likeness (QED) is 0.0957. The first kappa shape index (κ1) is 31.5. The fourth-order valence-corrected chi connectivity index (χ4v) is 4.46. The third-order valence-electron chi connectivity index (χ3n) is 6.83. The predicted octanol–water partition coefficient (Wildman–Crippen LogP) is 11.5. The molecule has 0 radical (unpaired) electrons. The summed E-state index contributed by atoms with van der Waals surface area (Å²) in [5.41, 5.74) is 5.85. The van der Waals surface area contributed by atoms with Gasteiger partial charge in [-0.05, 0) is 87.5 Å². The maximum absolute atomic E-state index is 5.12. The molecule has 38 heavy (non-hydrogen) atoms. The predicted molar refractivity (Wildman–Crippen MR) is 171 cm³/mol. The lowest BCUT2D eigenvalue weighted by molar-refractivity contribution is 0.728. The molecule has 0 spiro atoms. The van der Waals surface area contributed by atoms with Gasteiger partial charge in [-0.3, -0.25) is 9.98 Å². The van der Waals surface area contributed by atoms with Gasteiger partial charge in [-0.1, -0.05) is 114 Å². The Kier molecular flexibility index (Phi) is 17.6. The lowest BCUT2D eigenvalue weighted by Gasteiger charge is -2.07. The summed E-state index contributed by atoms with van der Waals surface area (Å²) in [6.45, 7) is 6.75. The van der Waals surface area contributed by atoms with E-state index in [9.17, 15) is 0 Å². The number of para-hydroxylation sites is 2. The Balaban J connectivity index is 2.08. The molecular weight excluding hydrogens is 460 g/mol. The molecule has 2 aromatic rings. The van der Waals surface area contributed by atoms with Crippen LogP contribution in [0.5, 0.6) is 0 Å². The van der Waals surface area contributed by atoms with E-state index in [0.717, 1.165) is 62.0 Å². The van der Waals surface area contributed by atoms with Crippen LogP contribution in [0.3, 0.4) is 0 Å². The molecule has 2 nitrogen and oxygen atoms in total. The zero-order valence-electron chi connectivity index (χ0n) is 24.5. The summed E-state index contributed by atoms with van der Waals surface area (Å²) >= 11 is 0. The molecule has 0 aliphatic heterocycles. The van der Waals surface area contributed by atoms with Gasteiger partial charge in [-0.2, -0.15) is 0 Å². The van der Waals surface area contributed by atoms with Gasteiger partial charge >= 0.3 is 0 Å². The Morgan fingerprint density at radius 2 is 1.08 bits per heavy atom. The van der Waals surface area contributed by atoms with Crippen LogP contribution in [0.1, 0.15) is 115 Å². The first-order valence-electron chi connectivity index (χ1n) is 15.4. The van der Waals surface area contributed by atoms with Crippen molar-refractivity contribution in [2.24, 2.45) is 9.98 Å². The zero-order chi connectivity index (χ0) is 27.1. The largest absolute Gasteiger partial charge is 0.255 e. The number of hydrogen-bond donors (Lipinski definition) is 0. The number of nitrogens with zero attached hydrogens (tertiary/aromatic N) is 2. The van der Waals surface area contributed by atoms with Crippen LogP contribution >= 0.6 is 0 Å². The van der Waals surface area contributed by atoms with Crippen molar-refractivity contribution in [2.45, 2.75) is 117 Å². The summed E-state index contributed by atoms with van der Waals surface area (Å²) in [7, 11) is 0. The maximum atomic E-state index is 5.12. The van der Waals surface area contributed by atoms with Crippen molar-refractivity contribution in [3.05, 3.63) is 84.0 Å². The van der Waals surface area contributed by atoms with E-state index in [0.29, 0.717) is 0 Å². The van der Waals surface area contributed by atoms with Crippen LogP contribution in [0.4, 0.5) is 11.4 Å². The highest BCUT2D eigenvalue weighted by atomic mass is 14.8. The molecule has 2 aromatic carbocycles. The van der Waals surface area contributed by atoms with Crippen molar-refractivity contribution in [1.82, 2.24) is 0 Å². The van der Waals surface area contributed by atoms with Crippen LogP contribution in [0.15, 0.2) is 82.8 Å². The van der Waals surface area contributed by atoms with Crippen LogP contribution in [0, 0.1) is 0 Å². The lowest BCUT2D eigenvalue weighted by atomic mass is 10.1. The van der Waals surface area contributed by atoms with Crippen LogP contribution in [-0.2, 0) is 12.8 Å². The minimum atomic E-state index is 0.953. The highest BCUT2D eigenvalue weighted by molar-refractivity contribution is 6.31. The first-order valence-corrected chi connectivity index (χ1v) is 15.4. The summed E-state index contributed by atoms with van der Waals surface area (Å²) in [4.78, 5) is 10.1. The molecule has 0 aliphatic rings. The van der Waals surface area contributed by atoms with Crippen LogP contribution in [-0.4, -0.2) is 11.9 Å². The molecule has 206 valence electrons. The minimum Gasteiger partial charge on any atom is -0.255 e. The van der Waals surface area contributed by atoms with Gasteiger partial charge < -0.3 is 0 Å². The number of allylic oxidation sites excluding steroid dienone is 4.